The average Bonchev–Trinajstić information content (AvgIpc) is 3.52. The lowest BCUT2D eigenvalue weighted by Gasteiger charge is -2.24. The molecule has 3 rings (SSSR count). The normalized spacial score (nSPS) is 14.3. The third kappa shape index (κ3) is 38.6. The fourth-order valence-corrected chi connectivity index (χ4v) is 7.01. The predicted molar refractivity (Wildman–Crippen MR) is 321 cm³/mol. The molecule has 8 atom stereocenters. The minimum atomic E-state index is -1.18. The Morgan fingerprint density at radius 3 is 0.953 bits per heavy atom. The van der Waals surface area contributed by atoms with Gasteiger partial charge >= 0.3 is 36.2 Å². The SMILES string of the molecule is COC(=O)[C@H](CCOC[C@@H](OCc1ccccc1)C(C)C)NC(=O)OC(C)(C)C.COC(=O)[C@H](CCOC[C@@H](OCc1ccccc1)[C@H](C)O)NC(=O)OC(C)(C)C.C[C@H](O)[C@@H](COCC[C@H](NC(=O)OC(C)(C)C)C(=O)O)OCc1ccccc1. The van der Waals surface area contributed by atoms with Crippen LogP contribution in [-0.4, -0.2) is 171 Å². The summed E-state index contributed by atoms with van der Waals surface area (Å²) in [6.07, 6.45) is -4.28. The van der Waals surface area contributed by atoms with Gasteiger partial charge in [-0.25, -0.2) is 28.8 Å². The van der Waals surface area contributed by atoms with Crippen LogP contribution in [0, 0.1) is 5.92 Å². The summed E-state index contributed by atoms with van der Waals surface area (Å²) in [7, 11) is 2.52. The van der Waals surface area contributed by atoms with Crippen molar-refractivity contribution in [1.82, 2.24) is 16.0 Å². The van der Waals surface area contributed by atoms with Gasteiger partial charge in [0.05, 0.1) is 72.2 Å². The summed E-state index contributed by atoms with van der Waals surface area (Å²) in [6.45, 7) is 25.2. The first-order valence-electron chi connectivity index (χ1n) is 28.8. The van der Waals surface area contributed by atoms with Gasteiger partial charge in [-0.3, -0.25) is 0 Å². The number of nitrogens with one attached hydrogen (secondary N) is 3. The van der Waals surface area contributed by atoms with E-state index in [0.717, 1.165) is 16.7 Å². The third-order valence-corrected chi connectivity index (χ3v) is 11.6. The molecule has 3 amide bonds. The van der Waals surface area contributed by atoms with Crippen molar-refractivity contribution in [2.24, 2.45) is 5.92 Å². The van der Waals surface area contributed by atoms with E-state index in [9.17, 15) is 44.1 Å². The van der Waals surface area contributed by atoms with Crippen molar-refractivity contribution in [2.45, 2.75) is 195 Å². The number of methoxy groups -OCH3 is 2. The smallest absolute Gasteiger partial charge is 0.408 e. The molecule has 86 heavy (non-hydrogen) atoms. The fraction of sp³-hybridized carbons (Fsp3) is 0.619. The van der Waals surface area contributed by atoms with E-state index < -0.39 is 95.5 Å². The highest BCUT2D eigenvalue weighted by atomic mass is 16.6. The van der Waals surface area contributed by atoms with Crippen LogP contribution in [0.4, 0.5) is 14.4 Å². The number of carboxylic acids is 1. The number of amides is 3. The lowest BCUT2D eigenvalue weighted by atomic mass is 10.1. The maximum Gasteiger partial charge on any atom is 0.408 e. The van der Waals surface area contributed by atoms with Gasteiger partial charge in [-0.2, -0.15) is 0 Å². The zero-order valence-corrected chi connectivity index (χ0v) is 53.1. The molecular formula is C63H99N3O20. The van der Waals surface area contributed by atoms with Gasteiger partial charge in [0, 0.05) is 39.1 Å². The van der Waals surface area contributed by atoms with Gasteiger partial charge in [0.1, 0.15) is 47.1 Å². The summed E-state index contributed by atoms with van der Waals surface area (Å²) in [5.74, 6) is -2.04. The van der Waals surface area contributed by atoms with Crippen molar-refractivity contribution in [2.75, 3.05) is 53.9 Å². The summed E-state index contributed by atoms with van der Waals surface area (Å²) in [4.78, 5) is 70.7. The second-order valence-electron chi connectivity index (χ2n) is 23.3. The van der Waals surface area contributed by atoms with Crippen LogP contribution in [0.25, 0.3) is 0 Å². The molecule has 23 heteroatoms. The van der Waals surface area contributed by atoms with E-state index in [1.807, 2.05) is 91.0 Å². The number of hydrogen-bond acceptors (Lipinski definition) is 19. The Kier molecular flexibility index (Phi) is 37.5. The quantitative estimate of drug-likeness (QED) is 0.0189. The molecule has 0 aliphatic heterocycles. The van der Waals surface area contributed by atoms with Crippen LogP contribution in [-0.2, 0) is 86.3 Å². The number of aliphatic hydroxyl groups is 2. The second kappa shape index (κ2) is 41.6. The summed E-state index contributed by atoms with van der Waals surface area (Å²) < 4.78 is 59.0. The molecule has 0 fully saturated rings. The maximum atomic E-state index is 11.9. The van der Waals surface area contributed by atoms with Gasteiger partial charge in [0.15, 0.2) is 0 Å². The number of carbonyl (C=O) groups is 6. The van der Waals surface area contributed by atoms with Gasteiger partial charge in [-0.15, -0.1) is 0 Å². The minimum absolute atomic E-state index is 0.0553. The van der Waals surface area contributed by atoms with Gasteiger partial charge in [0.2, 0.25) is 0 Å². The summed E-state index contributed by atoms with van der Waals surface area (Å²) in [5, 5.41) is 36.3. The third-order valence-electron chi connectivity index (χ3n) is 11.6. The molecule has 23 nitrogen and oxygen atoms in total. The fourth-order valence-electron chi connectivity index (χ4n) is 7.01. The number of aliphatic hydroxyl groups excluding tert-OH is 2. The van der Waals surface area contributed by atoms with Crippen LogP contribution in [0.3, 0.4) is 0 Å². The topological polar surface area (TPSA) is 301 Å². The van der Waals surface area contributed by atoms with Crippen molar-refractivity contribution in [1.29, 1.82) is 0 Å². The van der Waals surface area contributed by atoms with Gasteiger partial charge in [0.25, 0.3) is 0 Å². The standard InChI is InChI=1S/C22H35NO6.C21H33NO7.C20H31NO7/c1-16(2)19(28-14-17-10-8-7-9-11-17)15-27-13-12-18(20(24)26-6)23-21(25)29-22(3,4)5;1-15(23)18(28-13-16-9-7-6-8-10-16)14-27-12-11-17(19(24)26-5)22-20(25)29-21(2,3)4;1-14(22)17(27-12-15-8-6-5-7-9-15)13-26-11-10-16(18(23)24)21-19(25)28-20(2,3)4/h7-11,16,18-19H,12-15H2,1-6H3,(H,23,25);6-10,15,17-18,23H,11-14H2,1-5H3,(H,22,25);5-9,14,16-17,22H,10-13H2,1-4H3,(H,21,25)(H,23,24)/t18-,19+;15-,17-,18+;14-,16-,17+/m000/s1. The Balaban J connectivity index is 0.000000645. The van der Waals surface area contributed by atoms with Crippen LogP contribution in [0.15, 0.2) is 91.0 Å². The van der Waals surface area contributed by atoms with Gasteiger partial charge in [-0.1, -0.05) is 105 Å². The largest absolute Gasteiger partial charge is 0.480 e. The molecular weight excluding hydrogens is 1120 g/mol. The van der Waals surface area contributed by atoms with Crippen molar-refractivity contribution < 1.29 is 96.2 Å². The molecule has 0 unspecified atom stereocenters. The van der Waals surface area contributed by atoms with E-state index in [1.165, 1.54) is 14.2 Å². The molecule has 0 aliphatic rings. The number of benzene rings is 3. The number of esters is 2. The van der Waals surface area contributed by atoms with Gasteiger partial charge in [-0.05, 0) is 98.8 Å². The van der Waals surface area contributed by atoms with Crippen LogP contribution < -0.4 is 16.0 Å². The Bertz CT molecular complexity index is 2230. The Morgan fingerprint density at radius 2 is 0.698 bits per heavy atom. The van der Waals surface area contributed by atoms with E-state index in [2.05, 4.69) is 29.8 Å². The van der Waals surface area contributed by atoms with Crippen LogP contribution >= 0.6 is 0 Å². The lowest BCUT2D eigenvalue weighted by molar-refractivity contribution is -0.144. The van der Waals surface area contributed by atoms with Crippen LogP contribution in [0.2, 0.25) is 0 Å². The van der Waals surface area contributed by atoms with E-state index in [0.29, 0.717) is 26.4 Å². The van der Waals surface area contributed by atoms with Gasteiger partial charge < -0.3 is 83.4 Å². The van der Waals surface area contributed by atoms with E-state index in [1.54, 1.807) is 76.2 Å². The molecule has 0 heterocycles. The van der Waals surface area contributed by atoms with Crippen molar-refractivity contribution >= 4 is 36.2 Å². The number of rotatable bonds is 33. The number of aliphatic carboxylic acids is 1. The van der Waals surface area contributed by atoms with E-state index in [4.69, 9.17) is 52.1 Å². The lowest BCUT2D eigenvalue weighted by Crippen LogP contribution is -2.44. The average molecular weight is 1220 g/mol. The zero-order valence-electron chi connectivity index (χ0n) is 53.1. The zero-order chi connectivity index (χ0) is 64.9. The number of ether oxygens (including phenoxy) is 11. The Labute approximate surface area is 508 Å². The molecule has 3 aromatic carbocycles. The van der Waals surface area contributed by atoms with Crippen molar-refractivity contribution in [3.63, 3.8) is 0 Å². The highest BCUT2D eigenvalue weighted by Gasteiger charge is 2.28. The maximum absolute atomic E-state index is 11.9. The number of carboxylic acid groups (broad SMARTS) is 1. The molecule has 486 valence electrons. The first-order valence-corrected chi connectivity index (χ1v) is 28.8. The van der Waals surface area contributed by atoms with E-state index in [-0.39, 0.29) is 64.3 Å². The first-order chi connectivity index (χ1) is 40.3. The molecule has 0 bridgehead atoms. The highest BCUT2D eigenvalue weighted by Crippen LogP contribution is 2.15. The molecule has 3 aromatic rings. The summed E-state index contributed by atoms with van der Waals surface area (Å²) >= 11 is 0. The minimum Gasteiger partial charge on any atom is -0.480 e. The van der Waals surface area contributed by atoms with Crippen molar-refractivity contribution in [3.05, 3.63) is 108 Å². The molecule has 0 radical (unpaired) electrons. The summed E-state index contributed by atoms with van der Waals surface area (Å²) in [5.41, 5.74) is 1.02. The second-order valence-corrected chi connectivity index (χ2v) is 23.3. The summed E-state index contributed by atoms with van der Waals surface area (Å²) in [6, 6.07) is 26.2. The molecule has 0 aliphatic carbocycles. The first kappa shape index (κ1) is 77.6. The molecule has 0 aromatic heterocycles. The highest BCUT2D eigenvalue weighted by molar-refractivity contribution is 5.82. The molecule has 6 N–H and O–H groups in total. The van der Waals surface area contributed by atoms with Crippen molar-refractivity contribution in [3.8, 4) is 0 Å². The Morgan fingerprint density at radius 1 is 0.430 bits per heavy atom. The van der Waals surface area contributed by atoms with Crippen LogP contribution in [0.1, 0.15) is 126 Å². The number of alkyl carbamates (subject to hydrolysis) is 3. The predicted octanol–water partition coefficient (Wildman–Crippen LogP) is 8.46. The molecule has 0 spiro atoms. The number of hydrogen-bond donors (Lipinski definition) is 6. The number of carbonyl (C=O) groups excluding carboxylic acids is 5. The monoisotopic (exact) mass is 1220 g/mol. The molecule has 0 saturated heterocycles. The Hall–Kier alpha value is -6.44. The molecule has 0 saturated carbocycles. The van der Waals surface area contributed by atoms with Crippen LogP contribution in [0.5, 0.6) is 0 Å². The van der Waals surface area contributed by atoms with E-state index >= 15 is 0 Å².